The predicted molar refractivity (Wildman–Crippen MR) is 113 cm³/mol. The molecule has 158 valence electrons. The normalized spacial score (nSPS) is 20.2. The van der Waals surface area contributed by atoms with Crippen LogP contribution in [-0.4, -0.2) is 48.3 Å². The Morgan fingerprint density at radius 3 is 2.69 bits per heavy atom. The summed E-state index contributed by atoms with van der Waals surface area (Å²) < 4.78 is 29.9. The first kappa shape index (κ1) is 21.6. The maximum absolute atomic E-state index is 12.9. The van der Waals surface area contributed by atoms with Crippen molar-refractivity contribution in [3.8, 4) is 11.5 Å². The molecule has 1 aromatic heterocycles. The van der Waals surface area contributed by atoms with Gasteiger partial charge in [0.1, 0.15) is 6.26 Å². The summed E-state index contributed by atoms with van der Waals surface area (Å²) in [5, 5.41) is -0.350. The van der Waals surface area contributed by atoms with Crippen molar-refractivity contribution in [2.75, 3.05) is 18.8 Å². The van der Waals surface area contributed by atoms with Crippen molar-refractivity contribution in [2.24, 2.45) is 11.8 Å². The molecular formula is C22H30N2O4S. The molecule has 1 amide bonds. The fourth-order valence-electron chi connectivity index (χ4n) is 3.83. The molecule has 3 rings (SSSR count). The molecule has 29 heavy (non-hydrogen) atoms. The monoisotopic (exact) mass is 418 g/mol. The number of carbonyl (C=O) groups excluding carboxylic acids is 1. The molecule has 1 aromatic carbocycles. The highest BCUT2D eigenvalue weighted by atomic mass is 32.2. The summed E-state index contributed by atoms with van der Waals surface area (Å²) >= 11 is 0. The molecule has 0 aliphatic carbocycles. The van der Waals surface area contributed by atoms with Crippen LogP contribution in [0.3, 0.4) is 0 Å². The third-order valence-electron chi connectivity index (χ3n) is 5.96. The number of aryl methyl sites for hydroxylation is 1. The van der Waals surface area contributed by atoms with Gasteiger partial charge in [0, 0.05) is 18.7 Å². The van der Waals surface area contributed by atoms with E-state index < -0.39 is 9.84 Å². The number of hydrogen-bond acceptors (Lipinski definition) is 5. The van der Waals surface area contributed by atoms with Gasteiger partial charge >= 0.3 is 0 Å². The molecule has 2 aromatic rings. The summed E-state index contributed by atoms with van der Waals surface area (Å²) in [7, 11) is -3.06. The van der Waals surface area contributed by atoms with E-state index in [0.717, 1.165) is 23.1 Å². The Kier molecular flexibility index (Phi) is 6.46. The minimum atomic E-state index is -3.06. The van der Waals surface area contributed by atoms with Crippen molar-refractivity contribution >= 4 is 15.7 Å². The molecule has 0 N–H and O–H groups in total. The maximum Gasteiger partial charge on any atom is 0.227 e. The van der Waals surface area contributed by atoms with E-state index >= 15 is 0 Å². The van der Waals surface area contributed by atoms with Gasteiger partial charge < -0.3 is 9.32 Å². The van der Waals surface area contributed by atoms with Gasteiger partial charge in [0.05, 0.1) is 23.6 Å². The number of amides is 1. The Morgan fingerprint density at radius 2 is 2.10 bits per heavy atom. The molecule has 0 spiro atoms. The largest absolute Gasteiger partial charge is 0.445 e. The molecule has 7 heteroatoms. The molecule has 0 saturated carbocycles. The number of carbonyl (C=O) groups is 1. The quantitative estimate of drug-likeness (QED) is 0.717. The van der Waals surface area contributed by atoms with Gasteiger partial charge in [-0.2, -0.15) is 0 Å². The van der Waals surface area contributed by atoms with Crippen molar-refractivity contribution < 1.29 is 17.6 Å². The average molecular weight is 419 g/mol. The van der Waals surface area contributed by atoms with E-state index in [2.05, 4.69) is 11.9 Å². The van der Waals surface area contributed by atoms with Gasteiger partial charge in [-0.25, -0.2) is 13.4 Å². The fourth-order valence-corrected chi connectivity index (χ4v) is 5.30. The van der Waals surface area contributed by atoms with Crippen LogP contribution < -0.4 is 0 Å². The molecule has 6 nitrogen and oxygen atoms in total. The van der Waals surface area contributed by atoms with Crippen LogP contribution in [0.25, 0.3) is 11.5 Å². The highest BCUT2D eigenvalue weighted by Crippen LogP contribution is 2.27. The molecule has 2 unspecified atom stereocenters. The van der Waals surface area contributed by atoms with Gasteiger partial charge in [-0.05, 0) is 62.3 Å². The second-order valence-corrected chi connectivity index (χ2v) is 11.0. The first-order valence-corrected chi connectivity index (χ1v) is 11.9. The molecule has 2 heterocycles. The highest BCUT2D eigenvalue weighted by Gasteiger charge is 2.32. The molecule has 2 atom stereocenters. The van der Waals surface area contributed by atoms with E-state index in [1.54, 1.807) is 26.3 Å². The summed E-state index contributed by atoms with van der Waals surface area (Å²) in [4.78, 5) is 18.9. The van der Waals surface area contributed by atoms with Crippen LogP contribution in [0.15, 0.2) is 35.1 Å². The van der Waals surface area contributed by atoms with Gasteiger partial charge in [0.25, 0.3) is 0 Å². The number of hydrogen-bond donors (Lipinski definition) is 0. The summed E-state index contributed by atoms with van der Waals surface area (Å²) in [6.07, 6.45) is 4.24. The molecule has 1 aliphatic rings. The topological polar surface area (TPSA) is 80.5 Å². The van der Waals surface area contributed by atoms with E-state index in [0.29, 0.717) is 25.4 Å². The third-order valence-corrected chi connectivity index (χ3v) is 8.29. The number of likely N-dealkylation sites (tertiary alicyclic amines) is 1. The highest BCUT2D eigenvalue weighted by molar-refractivity contribution is 7.91. The Balaban J connectivity index is 1.61. The lowest BCUT2D eigenvalue weighted by Gasteiger charge is -2.37. The van der Waals surface area contributed by atoms with E-state index in [-0.39, 0.29) is 28.7 Å². The van der Waals surface area contributed by atoms with Crippen molar-refractivity contribution in [3.63, 3.8) is 0 Å². The number of oxazole rings is 1. The molecule has 0 bridgehead atoms. The second-order valence-electron chi connectivity index (χ2n) is 8.40. The number of sulfone groups is 1. The zero-order chi connectivity index (χ0) is 21.2. The predicted octanol–water partition coefficient (Wildman–Crippen LogP) is 3.50. The zero-order valence-electron chi connectivity index (χ0n) is 17.6. The van der Waals surface area contributed by atoms with Crippen LogP contribution >= 0.6 is 0 Å². The summed E-state index contributed by atoms with van der Waals surface area (Å²) in [6, 6.07) is 5.87. The first-order chi connectivity index (χ1) is 13.7. The summed E-state index contributed by atoms with van der Waals surface area (Å²) in [6.45, 7) is 8.74. The van der Waals surface area contributed by atoms with Crippen molar-refractivity contribution in [1.29, 1.82) is 0 Å². The molecule has 1 fully saturated rings. The van der Waals surface area contributed by atoms with Crippen molar-refractivity contribution in [1.82, 2.24) is 9.88 Å². The second kappa shape index (κ2) is 8.69. The Hall–Kier alpha value is -2.15. The molecule has 1 aliphatic heterocycles. The Labute approximate surface area is 173 Å². The third kappa shape index (κ3) is 5.07. The zero-order valence-corrected chi connectivity index (χ0v) is 18.4. The van der Waals surface area contributed by atoms with Gasteiger partial charge in [-0.15, -0.1) is 0 Å². The number of rotatable bonds is 6. The maximum atomic E-state index is 12.9. The minimum absolute atomic E-state index is 0.0917. The van der Waals surface area contributed by atoms with Crippen LogP contribution in [0.5, 0.6) is 0 Å². The number of benzene rings is 1. The number of nitrogens with zero attached hydrogens (tertiary/aromatic N) is 2. The number of piperidine rings is 1. The lowest BCUT2D eigenvalue weighted by Crippen LogP contribution is -2.45. The lowest BCUT2D eigenvalue weighted by atomic mass is 9.88. The minimum Gasteiger partial charge on any atom is -0.445 e. The van der Waals surface area contributed by atoms with Crippen molar-refractivity contribution in [2.45, 2.75) is 45.8 Å². The first-order valence-electron chi connectivity index (χ1n) is 10.2. The van der Waals surface area contributed by atoms with Crippen LogP contribution in [0.4, 0.5) is 0 Å². The summed E-state index contributed by atoms with van der Waals surface area (Å²) in [5.74, 6) is 1.17. The summed E-state index contributed by atoms with van der Waals surface area (Å²) in [5.41, 5.74) is 2.91. The fraction of sp³-hybridized carbons (Fsp3) is 0.545. The lowest BCUT2D eigenvalue weighted by molar-refractivity contribution is -0.132. The Morgan fingerprint density at radius 1 is 1.34 bits per heavy atom. The SMILES string of the molecule is Cc1cc(-c2ncco2)ccc1CC(=O)N1CCC(CS(=O)(=O)C(C)C)C(C)C1. The van der Waals surface area contributed by atoms with Gasteiger partial charge in [-0.1, -0.05) is 13.0 Å². The van der Waals surface area contributed by atoms with Gasteiger partial charge in [0.2, 0.25) is 11.8 Å². The molecular weight excluding hydrogens is 388 g/mol. The van der Waals surface area contributed by atoms with Crippen LogP contribution in [0.1, 0.15) is 38.3 Å². The van der Waals surface area contributed by atoms with E-state index in [9.17, 15) is 13.2 Å². The van der Waals surface area contributed by atoms with Crippen LogP contribution in [0, 0.1) is 18.8 Å². The van der Waals surface area contributed by atoms with E-state index in [4.69, 9.17) is 4.42 Å². The van der Waals surface area contributed by atoms with E-state index in [1.807, 2.05) is 30.0 Å². The van der Waals surface area contributed by atoms with Gasteiger partial charge in [0.15, 0.2) is 9.84 Å². The number of aromatic nitrogens is 1. The average Bonchev–Trinajstić information content (AvgIpc) is 3.19. The van der Waals surface area contributed by atoms with Crippen LogP contribution in [-0.2, 0) is 21.1 Å². The smallest absolute Gasteiger partial charge is 0.227 e. The van der Waals surface area contributed by atoms with Crippen LogP contribution in [0.2, 0.25) is 0 Å². The van der Waals surface area contributed by atoms with E-state index in [1.165, 1.54) is 0 Å². The standard InChI is InChI=1S/C22H30N2O4S/c1-15(2)29(26,27)14-20-7-9-24(13-17(20)4)21(25)12-18-5-6-19(11-16(18)3)22-23-8-10-28-22/h5-6,8,10-11,15,17,20H,7,9,12-14H2,1-4H3. The van der Waals surface area contributed by atoms with Gasteiger partial charge in [-0.3, -0.25) is 4.79 Å². The Bertz CT molecular complexity index is 951. The molecule has 1 saturated heterocycles. The molecule has 0 radical (unpaired) electrons. The van der Waals surface area contributed by atoms with Crippen molar-refractivity contribution in [3.05, 3.63) is 41.8 Å².